The zero-order chi connectivity index (χ0) is 21.8. The lowest BCUT2D eigenvalue weighted by molar-refractivity contribution is 0.102. The van der Waals surface area contributed by atoms with Crippen molar-refractivity contribution in [1.82, 2.24) is 0 Å². The summed E-state index contributed by atoms with van der Waals surface area (Å²) < 4.78 is 5.29. The van der Waals surface area contributed by atoms with E-state index in [1.807, 2.05) is 61.5 Å². The molecule has 0 radical (unpaired) electrons. The molecule has 0 fully saturated rings. The number of aryl methyl sites for hydroxylation is 1. The minimum Gasteiger partial charge on any atom is -0.505 e. The van der Waals surface area contributed by atoms with E-state index < -0.39 is 5.91 Å². The number of hydrogen-bond donors (Lipinski definition) is 2. The molecule has 0 unspecified atom stereocenters. The van der Waals surface area contributed by atoms with E-state index in [0.717, 1.165) is 10.9 Å². The zero-order valence-electron chi connectivity index (χ0n) is 17.2. The first-order valence-electron chi connectivity index (χ1n) is 9.74. The third kappa shape index (κ3) is 4.23. The summed E-state index contributed by atoms with van der Waals surface area (Å²) >= 11 is 0. The van der Waals surface area contributed by atoms with Crippen LogP contribution in [0, 0.1) is 6.92 Å². The monoisotopic (exact) mass is 411 g/mol. The van der Waals surface area contributed by atoms with E-state index >= 15 is 0 Å². The molecule has 0 atom stereocenters. The summed E-state index contributed by atoms with van der Waals surface area (Å²) in [6, 6.07) is 23.7. The van der Waals surface area contributed by atoms with E-state index in [1.54, 1.807) is 24.3 Å². The zero-order valence-corrected chi connectivity index (χ0v) is 17.2. The maximum atomic E-state index is 13.0. The summed E-state index contributed by atoms with van der Waals surface area (Å²) in [6.07, 6.45) is 0. The molecule has 0 aliphatic rings. The van der Waals surface area contributed by atoms with Crippen LogP contribution in [0.3, 0.4) is 0 Å². The molecule has 0 aliphatic carbocycles. The number of carbonyl (C=O) groups excluding carboxylic acids is 1. The van der Waals surface area contributed by atoms with E-state index in [1.165, 1.54) is 7.11 Å². The number of anilines is 1. The summed E-state index contributed by atoms with van der Waals surface area (Å²) in [5.41, 5.74) is 2.61. The van der Waals surface area contributed by atoms with Crippen LogP contribution in [-0.4, -0.2) is 18.1 Å². The van der Waals surface area contributed by atoms with E-state index in [4.69, 9.17) is 4.74 Å². The Morgan fingerprint density at radius 2 is 1.65 bits per heavy atom. The van der Waals surface area contributed by atoms with Gasteiger partial charge in [-0.1, -0.05) is 54.1 Å². The van der Waals surface area contributed by atoms with Gasteiger partial charge in [-0.2, -0.15) is 5.11 Å². The van der Waals surface area contributed by atoms with Crippen molar-refractivity contribution in [3.63, 3.8) is 0 Å². The molecule has 0 aliphatic heterocycles. The standard InChI is InChI=1S/C25H21N3O3/c1-16-11-13-18(14-12-16)27-28-23-19-8-4-3-7-17(19)15-20(24(23)29)25(30)26-21-9-5-6-10-22(21)31-2/h3-15,29H,1-2H3,(H,26,30). The average Bonchev–Trinajstić information content (AvgIpc) is 2.79. The Hall–Kier alpha value is -4.19. The number of fused-ring (bicyclic) bond motifs is 1. The molecule has 4 rings (SSSR count). The quantitative estimate of drug-likeness (QED) is 0.366. The molecule has 0 aromatic heterocycles. The molecule has 1 amide bonds. The first-order chi connectivity index (χ1) is 15.1. The van der Waals surface area contributed by atoms with Gasteiger partial charge < -0.3 is 15.2 Å². The Bertz CT molecular complexity index is 1280. The average molecular weight is 411 g/mol. The lowest BCUT2D eigenvalue weighted by atomic mass is 10.0. The SMILES string of the molecule is COc1ccccc1NC(=O)c1cc2ccccc2c(N=Nc2ccc(C)cc2)c1O. The second-order valence-electron chi connectivity index (χ2n) is 7.03. The number of hydrogen-bond acceptors (Lipinski definition) is 5. The number of azo groups is 1. The third-order valence-electron chi connectivity index (χ3n) is 4.89. The summed E-state index contributed by atoms with van der Waals surface area (Å²) in [5.74, 6) is -0.183. The highest BCUT2D eigenvalue weighted by Gasteiger charge is 2.19. The van der Waals surface area contributed by atoms with Crippen LogP contribution in [0.15, 0.2) is 89.1 Å². The molecule has 0 spiro atoms. The van der Waals surface area contributed by atoms with E-state index in [0.29, 0.717) is 22.5 Å². The summed E-state index contributed by atoms with van der Waals surface area (Å²) in [7, 11) is 1.53. The molecule has 0 heterocycles. The van der Waals surface area contributed by atoms with Crippen LogP contribution in [-0.2, 0) is 0 Å². The van der Waals surface area contributed by atoms with Crippen molar-refractivity contribution in [2.75, 3.05) is 12.4 Å². The smallest absolute Gasteiger partial charge is 0.259 e. The number of amides is 1. The van der Waals surface area contributed by atoms with Crippen molar-refractivity contribution in [3.8, 4) is 11.5 Å². The molecule has 0 saturated heterocycles. The van der Waals surface area contributed by atoms with E-state index in [9.17, 15) is 9.90 Å². The number of phenols is 1. The predicted molar refractivity (Wildman–Crippen MR) is 122 cm³/mol. The van der Waals surface area contributed by atoms with Gasteiger partial charge in [0, 0.05) is 5.39 Å². The maximum absolute atomic E-state index is 13.0. The van der Waals surface area contributed by atoms with Crippen LogP contribution in [0.4, 0.5) is 17.1 Å². The van der Waals surface area contributed by atoms with Gasteiger partial charge in [0.1, 0.15) is 11.4 Å². The van der Waals surface area contributed by atoms with Crippen molar-refractivity contribution in [3.05, 3.63) is 90.0 Å². The van der Waals surface area contributed by atoms with Gasteiger partial charge in [-0.3, -0.25) is 4.79 Å². The van der Waals surface area contributed by atoms with Crippen LogP contribution in [0.5, 0.6) is 11.5 Å². The Morgan fingerprint density at radius 3 is 2.42 bits per heavy atom. The number of ether oxygens (including phenoxy) is 1. The van der Waals surface area contributed by atoms with Gasteiger partial charge >= 0.3 is 0 Å². The second-order valence-corrected chi connectivity index (χ2v) is 7.03. The van der Waals surface area contributed by atoms with Crippen LogP contribution in [0.1, 0.15) is 15.9 Å². The number of nitrogens with zero attached hydrogens (tertiary/aromatic N) is 2. The number of carbonyl (C=O) groups is 1. The van der Waals surface area contributed by atoms with Gasteiger partial charge in [0.25, 0.3) is 5.91 Å². The largest absolute Gasteiger partial charge is 0.505 e. The highest BCUT2D eigenvalue weighted by atomic mass is 16.5. The number of methoxy groups -OCH3 is 1. The Kier molecular flexibility index (Phi) is 5.62. The van der Waals surface area contributed by atoms with Crippen molar-refractivity contribution in [2.45, 2.75) is 6.92 Å². The number of benzene rings is 4. The third-order valence-corrected chi connectivity index (χ3v) is 4.89. The number of rotatable bonds is 5. The van der Waals surface area contributed by atoms with Crippen molar-refractivity contribution < 1.29 is 14.6 Å². The van der Waals surface area contributed by atoms with Crippen molar-refractivity contribution in [2.24, 2.45) is 10.2 Å². The van der Waals surface area contributed by atoms with Gasteiger partial charge in [0.15, 0.2) is 5.75 Å². The number of para-hydroxylation sites is 2. The normalized spacial score (nSPS) is 11.0. The van der Waals surface area contributed by atoms with Gasteiger partial charge in [-0.15, -0.1) is 5.11 Å². The fourth-order valence-corrected chi connectivity index (χ4v) is 3.25. The maximum Gasteiger partial charge on any atom is 0.259 e. The molecule has 4 aromatic carbocycles. The molecule has 2 N–H and O–H groups in total. The van der Waals surface area contributed by atoms with Crippen LogP contribution >= 0.6 is 0 Å². The Labute approximate surface area is 179 Å². The molecular formula is C25H21N3O3. The van der Waals surface area contributed by atoms with Gasteiger partial charge in [0.05, 0.1) is 24.0 Å². The molecule has 31 heavy (non-hydrogen) atoms. The first kappa shape index (κ1) is 20.1. The molecule has 0 bridgehead atoms. The van der Waals surface area contributed by atoms with Crippen molar-refractivity contribution >= 4 is 33.7 Å². The number of aromatic hydroxyl groups is 1. The first-order valence-corrected chi connectivity index (χ1v) is 9.74. The Morgan fingerprint density at radius 1 is 0.935 bits per heavy atom. The summed E-state index contributed by atoms with van der Waals surface area (Å²) in [5, 5.41) is 23.7. The molecular weight excluding hydrogens is 390 g/mol. The molecule has 0 saturated carbocycles. The molecule has 6 heteroatoms. The van der Waals surface area contributed by atoms with Crippen molar-refractivity contribution in [1.29, 1.82) is 0 Å². The molecule has 4 aromatic rings. The predicted octanol–water partition coefficient (Wildman–Crippen LogP) is 6.53. The second kappa shape index (κ2) is 8.67. The van der Waals surface area contributed by atoms with Crippen LogP contribution in [0.25, 0.3) is 10.8 Å². The number of nitrogens with one attached hydrogen (secondary N) is 1. The minimum atomic E-state index is -0.473. The molecule has 154 valence electrons. The fraction of sp³-hybridized carbons (Fsp3) is 0.0800. The van der Waals surface area contributed by atoms with Gasteiger partial charge in [-0.25, -0.2) is 0 Å². The summed E-state index contributed by atoms with van der Waals surface area (Å²) in [4.78, 5) is 13.0. The minimum absolute atomic E-state index is 0.0995. The lowest BCUT2D eigenvalue weighted by Gasteiger charge is -2.13. The van der Waals surface area contributed by atoms with E-state index in [-0.39, 0.29) is 17.0 Å². The number of phenolic OH excluding ortho intramolecular Hbond substituents is 1. The fourth-order valence-electron chi connectivity index (χ4n) is 3.25. The van der Waals surface area contributed by atoms with Crippen LogP contribution in [0.2, 0.25) is 0 Å². The van der Waals surface area contributed by atoms with Gasteiger partial charge in [-0.05, 0) is 42.6 Å². The summed E-state index contributed by atoms with van der Waals surface area (Å²) in [6.45, 7) is 1.99. The molecule has 6 nitrogen and oxygen atoms in total. The topological polar surface area (TPSA) is 83.3 Å². The van der Waals surface area contributed by atoms with E-state index in [2.05, 4.69) is 15.5 Å². The highest BCUT2D eigenvalue weighted by molar-refractivity contribution is 6.12. The highest BCUT2D eigenvalue weighted by Crippen LogP contribution is 2.40. The van der Waals surface area contributed by atoms with Gasteiger partial charge in [0.2, 0.25) is 0 Å². The van der Waals surface area contributed by atoms with Crippen LogP contribution < -0.4 is 10.1 Å². The lowest BCUT2D eigenvalue weighted by Crippen LogP contribution is -2.13. The Balaban J connectivity index is 1.77.